The molecule has 0 fully saturated rings. The van der Waals surface area contributed by atoms with Crippen molar-refractivity contribution >= 4 is 15.7 Å². The Morgan fingerprint density at radius 2 is 2.00 bits per heavy atom. The second-order valence-corrected chi connectivity index (χ2v) is 10.3. The first-order valence-electron chi connectivity index (χ1n) is 11.8. The van der Waals surface area contributed by atoms with Crippen molar-refractivity contribution in [2.45, 2.75) is 63.5 Å². The van der Waals surface area contributed by atoms with Gasteiger partial charge < -0.3 is 9.84 Å². The van der Waals surface area contributed by atoms with Crippen LogP contribution in [0.25, 0.3) is 0 Å². The maximum absolute atomic E-state index is 13.8. The average Bonchev–Trinajstić information content (AvgIpc) is 2.88. The fourth-order valence-corrected chi connectivity index (χ4v) is 6.27. The van der Waals surface area contributed by atoms with Crippen molar-refractivity contribution in [1.82, 2.24) is 9.97 Å². The molecule has 0 amide bonds. The Bertz CT molecular complexity index is 1230. The number of aliphatic hydroxyl groups excluding tert-OH is 1. The molecule has 3 aromatic rings. The molecule has 7 nitrogen and oxygen atoms in total. The average molecular weight is 482 g/mol. The number of sulfonamides is 1. The summed E-state index contributed by atoms with van der Waals surface area (Å²) in [5.41, 5.74) is 4.26. The lowest BCUT2D eigenvalue weighted by atomic mass is 9.94. The van der Waals surface area contributed by atoms with E-state index in [1.54, 1.807) is 35.0 Å². The molecule has 1 aliphatic rings. The van der Waals surface area contributed by atoms with Crippen LogP contribution in [0.5, 0.6) is 5.75 Å². The van der Waals surface area contributed by atoms with E-state index in [0.717, 1.165) is 42.6 Å². The lowest BCUT2D eigenvalue weighted by Crippen LogP contribution is -2.43. The topological polar surface area (TPSA) is 92.6 Å². The summed E-state index contributed by atoms with van der Waals surface area (Å²) in [6, 6.07) is 10.7. The van der Waals surface area contributed by atoms with Gasteiger partial charge in [-0.3, -0.25) is 14.3 Å². The van der Waals surface area contributed by atoms with Crippen molar-refractivity contribution in [3.63, 3.8) is 0 Å². The molecule has 0 saturated heterocycles. The van der Waals surface area contributed by atoms with Gasteiger partial charge in [-0.25, -0.2) is 8.42 Å². The second kappa shape index (κ2) is 10.5. The molecule has 0 radical (unpaired) electrons. The van der Waals surface area contributed by atoms with Gasteiger partial charge in [-0.05, 0) is 61.1 Å². The minimum Gasteiger partial charge on any atom is -0.493 e. The Labute approximate surface area is 201 Å². The summed E-state index contributed by atoms with van der Waals surface area (Å²) in [7, 11) is -3.82. The van der Waals surface area contributed by atoms with E-state index >= 15 is 0 Å². The van der Waals surface area contributed by atoms with E-state index in [4.69, 9.17) is 4.74 Å². The van der Waals surface area contributed by atoms with E-state index in [1.807, 2.05) is 19.1 Å². The molecule has 1 aliphatic heterocycles. The standard InChI is InChI=1S/C26H31N3O4S/c1-3-19-5-9-25-20(15-19)6-7-23(4-2)29(25)34(31,32)24-8-10-26(21(16-24)18-30)33-14-11-22-17-27-12-13-28-22/h5,8-10,12-13,15-17,23,30H,3-4,6-7,11,14,18H2,1-2H3. The summed E-state index contributed by atoms with van der Waals surface area (Å²) in [4.78, 5) is 8.41. The van der Waals surface area contributed by atoms with Gasteiger partial charge in [0.1, 0.15) is 5.75 Å². The number of aliphatic hydroxyl groups is 1. The monoisotopic (exact) mass is 481 g/mol. The number of aryl methyl sites for hydroxylation is 2. The van der Waals surface area contributed by atoms with E-state index in [2.05, 4.69) is 23.0 Å². The molecule has 34 heavy (non-hydrogen) atoms. The van der Waals surface area contributed by atoms with Crippen molar-refractivity contribution in [1.29, 1.82) is 0 Å². The smallest absolute Gasteiger partial charge is 0.264 e. The number of fused-ring (bicyclic) bond motifs is 1. The van der Waals surface area contributed by atoms with Crippen molar-refractivity contribution in [3.05, 3.63) is 77.4 Å². The zero-order chi connectivity index (χ0) is 24.1. The third-order valence-corrected chi connectivity index (χ3v) is 8.19. The first-order chi connectivity index (χ1) is 16.5. The van der Waals surface area contributed by atoms with Gasteiger partial charge in [0.2, 0.25) is 0 Å². The molecular weight excluding hydrogens is 450 g/mol. The van der Waals surface area contributed by atoms with Crippen molar-refractivity contribution in [2.24, 2.45) is 0 Å². The summed E-state index contributed by atoms with van der Waals surface area (Å²) >= 11 is 0. The van der Waals surface area contributed by atoms with E-state index in [-0.39, 0.29) is 17.5 Å². The molecule has 180 valence electrons. The summed E-state index contributed by atoms with van der Waals surface area (Å²) in [5.74, 6) is 0.462. The van der Waals surface area contributed by atoms with E-state index < -0.39 is 10.0 Å². The molecule has 1 N–H and O–H groups in total. The van der Waals surface area contributed by atoms with Crippen molar-refractivity contribution < 1.29 is 18.3 Å². The fraction of sp³-hybridized carbons (Fsp3) is 0.385. The van der Waals surface area contributed by atoms with Crippen LogP contribution in [0.15, 0.2) is 59.9 Å². The quantitative estimate of drug-likeness (QED) is 0.495. The summed E-state index contributed by atoms with van der Waals surface area (Å²) in [6.45, 7) is 4.14. The third-order valence-electron chi connectivity index (χ3n) is 6.33. The lowest BCUT2D eigenvalue weighted by Gasteiger charge is -2.37. The first-order valence-corrected chi connectivity index (χ1v) is 13.2. The second-order valence-electron chi connectivity index (χ2n) is 8.44. The number of ether oxygens (including phenoxy) is 1. The SMILES string of the molecule is CCc1ccc2c(c1)CCC(CC)N2S(=O)(=O)c1ccc(OCCc2cnccn2)c(CO)c1. The van der Waals surface area contributed by atoms with Crippen LogP contribution in [0, 0.1) is 0 Å². The highest BCUT2D eigenvalue weighted by Gasteiger charge is 2.35. The minimum absolute atomic E-state index is 0.106. The number of anilines is 1. The van der Waals surface area contributed by atoms with Crippen LogP contribution in [0.2, 0.25) is 0 Å². The summed E-state index contributed by atoms with van der Waals surface area (Å²) < 4.78 is 35.1. The number of nitrogens with zero attached hydrogens (tertiary/aromatic N) is 3. The fourth-order valence-electron chi connectivity index (χ4n) is 4.42. The molecule has 0 saturated carbocycles. The lowest BCUT2D eigenvalue weighted by molar-refractivity contribution is 0.263. The van der Waals surface area contributed by atoms with Crippen molar-refractivity contribution in [2.75, 3.05) is 10.9 Å². The van der Waals surface area contributed by atoms with E-state index in [0.29, 0.717) is 24.3 Å². The summed E-state index contributed by atoms with van der Waals surface area (Å²) in [5, 5.41) is 9.94. The van der Waals surface area contributed by atoms with Gasteiger partial charge in [0, 0.05) is 36.6 Å². The molecule has 4 rings (SSSR count). The number of aromatic nitrogens is 2. The van der Waals surface area contributed by atoms with Gasteiger partial charge in [-0.1, -0.05) is 26.0 Å². The van der Waals surface area contributed by atoms with Crippen LogP contribution in [0.3, 0.4) is 0 Å². The van der Waals surface area contributed by atoms with Gasteiger partial charge in [0.25, 0.3) is 10.0 Å². The summed E-state index contributed by atoms with van der Waals surface area (Å²) in [6.07, 6.45) is 8.76. The van der Waals surface area contributed by atoms with Gasteiger partial charge in [-0.15, -0.1) is 0 Å². The van der Waals surface area contributed by atoms with Gasteiger partial charge in [0.05, 0.1) is 29.5 Å². The Morgan fingerprint density at radius 1 is 1.15 bits per heavy atom. The molecule has 0 spiro atoms. The Balaban J connectivity index is 1.61. The highest BCUT2D eigenvalue weighted by atomic mass is 32.2. The van der Waals surface area contributed by atoms with Crippen LogP contribution in [0.4, 0.5) is 5.69 Å². The number of benzene rings is 2. The largest absolute Gasteiger partial charge is 0.493 e. The molecule has 0 bridgehead atoms. The third kappa shape index (κ3) is 4.93. The minimum atomic E-state index is -3.82. The highest BCUT2D eigenvalue weighted by Crippen LogP contribution is 2.38. The maximum Gasteiger partial charge on any atom is 0.264 e. The predicted molar refractivity (Wildman–Crippen MR) is 131 cm³/mol. The Hall–Kier alpha value is -2.97. The normalized spacial score (nSPS) is 15.7. The van der Waals surface area contributed by atoms with Crippen molar-refractivity contribution in [3.8, 4) is 5.75 Å². The van der Waals surface area contributed by atoms with E-state index in [1.165, 1.54) is 11.6 Å². The molecule has 1 aromatic heterocycles. The zero-order valence-electron chi connectivity index (χ0n) is 19.6. The Kier molecular flexibility index (Phi) is 7.48. The number of hydrogen-bond donors (Lipinski definition) is 1. The van der Waals surface area contributed by atoms with Gasteiger partial charge in [-0.2, -0.15) is 0 Å². The molecular formula is C26H31N3O4S. The molecule has 0 aliphatic carbocycles. The van der Waals surface area contributed by atoms with Crippen LogP contribution >= 0.6 is 0 Å². The zero-order valence-corrected chi connectivity index (χ0v) is 20.5. The predicted octanol–water partition coefficient (Wildman–Crippen LogP) is 4.07. The maximum atomic E-state index is 13.8. The number of rotatable bonds is 9. The van der Waals surface area contributed by atoms with Crippen LogP contribution in [0.1, 0.15) is 49.1 Å². The number of hydrogen-bond acceptors (Lipinski definition) is 6. The Morgan fingerprint density at radius 3 is 2.71 bits per heavy atom. The van der Waals surface area contributed by atoms with Crippen LogP contribution in [-0.2, 0) is 35.9 Å². The van der Waals surface area contributed by atoms with Crippen LogP contribution in [-0.4, -0.2) is 36.1 Å². The van der Waals surface area contributed by atoms with Gasteiger partial charge >= 0.3 is 0 Å². The van der Waals surface area contributed by atoms with E-state index in [9.17, 15) is 13.5 Å². The molecule has 1 unspecified atom stereocenters. The first kappa shape index (κ1) is 24.2. The molecule has 8 heteroatoms. The highest BCUT2D eigenvalue weighted by molar-refractivity contribution is 7.92. The molecule has 2 aromatic carbocycles. The van der Waals surface area contributed by atoms with Gasteiger partial charge in [0.15, 0.2) is 0 Å². The van der Waals surface area contributed by atoms with Crippen LogP contribution < -0.4 is 9.04 Å². The molecule has 2 heterocycles. The molecule has 1 atom stereocenters.